The Kier molecular flexibility index (Phi) is 6.47. The molecule has 1 saturated heterocycles. The molecule has 138 valence electrons. The first-order valence-electron chi connectivity index (χ1n) is 8.33. The van der Waals surface area contributed by atoms with Gasteiger partial charge in [0.05, 0.1) is 18.2 Å². The Morgan fingerprint density at radius 2 is 2.08 bits per heavy atom. The zero-order valence-corrected chi connectivity index (χ0v) is 15.1. The maximum absolute atomic E-state index is 13.9. The molecule has 1 fully saturated rings. The number of alkyl halides is 1. The van der Waals surface area contributed by atoms with Gasteiger partial charge in [-0.05, 0) is 32.0 Å². The number of benzene rings is 1. The van der Waals surface area contributed by atoms with Gasteiger partial charge in [-0.25, -0.2) is 9.18 Å². The van der Waals surface area contributed by atoms with Crippen molar-refractivity contribution >= 4 is 23.5 Å². The van der Waals surface area contributed by atoms with Gasteiger partial charge in [0, 0.05) is 31.1 Å². The van der Waals surface area contributed by atoms with E-state index in [0.29, 0.717) is 18.1 Å². The number of aromatic hydroxyl groups is 1. The van der Waals surface area contributed by atoms with Crippen molar-refractivity contribution in [1.82, 2.24) is 15.1 Å². The van der Waals surface area contributed by atoms with Crippen molar-refractivity contribution in [1.29, 1.82) is 0 Å². The topological polar surface area (TPSA) is 72.9 Å². The second-order valence-electron chi connectivity index (χ2n) is 5.96. The van der Waals surface area contributed by atoms with Gasteiger partial charge in [0.2, 0.25) is 0 Å². The molecule has 1 aromatic rings. The number of likely N-dealkylation sites (tertiary alicyclic amines) is 1. The lowest BCUT2D eigenvalue weighted by Crippen LogP contribution is -2.47. The van der Waals surface area contributed by atoms with E-state index in [1.165, 1.54) is 23.1 Å². The standard InChI is InChI=1S/C17H23ClFN3O3/c1-3-21(4-2)17(25)20-9-13-8-12(19)10-22(13)16(24)14-6-5-11(18)7-15(14)23/h5-7,12-13,23H,3-4,8-10H2,1-2H3,(H,20,25)/t12-,13-/m0/s1. The van der Waals surface area contributed by atoms with E-state index < -0.39 is 18.1 Å². The predicted molar refractivity (Wildman–Crippen MR) is 93.8 cm³/mol. The Hall–Kier alpha value is -2.02. The van der Waals surface area contributed by atoms with Crippen LogP contribution in [0.1, 0.15) is 30.6 Å². The van der Waals surface area contributed by atoms with E-state index in [4.69, 9.17) is 11.6 Å². The highest BCUT2D eigenvalue weighted by molar-refractivity contribution is 6.30. The minimum atomic E-state index is -1.16. The Morgan fingerprint density at radius 1 is 1.40 bits per heavy atom. The van der Waals surface area contributed by atoms with E-state index in [-0.39, 0.29) is 36.9 Å². The number of nitrogens with zero attached hydrogens (tertiary/aromatic N) is 2. The van der Waals surface area contributed by atoms with Crippen molar-refractivity contribution < 1.29 is 19.1 Å². The fourth-order valence-corrected chi connectivity index (χ4v) is 3.14. The van der Waals surface area contributed by atoms with Crippen molar-refractivity contribution in [2.45, 2.75) is 32.5 Å². The van der Waals surface area contributed by atoms with E-state index in [0.717, 1.165) is 0 Å². The molecular weight excluding hydrogens is 349 g/mol. The third kappa shape index (κ3) is 4.54. The number of halogens is 2. The quantitative estimate of drug-likeness (QED) is 0.835. The number of hydrogen-bond acceptors (Lipinski definition) is 3. The van der Waals surface area contributed by atoms with Crippen LogP contribution in [0, 0.1) is 0 Å². The summed E-state index contributed by atoms with van der Waals surface area (Å²) in [7, 11) is 0. The van der Waals surface area contributed by atoms with E-state index in [9.17, 15) is 19.1 Å². The van der Waals surface area contributed by atoms with E-state index in [1.54, 1.807) is 4.90 Å². The summed E-state index contributed by atoms with van der Waals surface area (Å²) in [6.45, 7) is 4.98. The second kappa shape index (κ2) is 8.38. The minimum Gasteiger partial charge on any atom is -0.507 e. The molecule has 0 radical (unpaired) electrons. The fourth-order valence-electron chi connectivity index (χ4n) is 2.97. The normalized spacial score (nSPS) is 19.8. The van der Waals surface area contributed by atoms with Crippen molar-refractivity contribution in [3.63, 3.8) is 0 Å². The predicted octanol–water partition coefficient (Wildman–Crippen LogP) is 2.65. The number of amides is 3. The molecule has 8 heteroatoms. The van der Waals surface area contributed by atoms with Crippen LogP contribution in [0.15, 0.2) is 18.2 Å². The second-order valence-corrected chi connectivity index (χ2v) is 6.40. The monoisotopic (exact) mass is 371 g/mol. The van der Waals surface area contributed by atoms with E-state index >= 15 is 0 Å². The molecule has 0 aliphatic carbocycles. The molecule has 3 amide bonds. The van der Waals surface area contributed by atoms with Crippen LogP contribution in [0.5, 0.6) is 5.75 Å². The van der Waals surface area contributed by atoms with Crippen LogP contribution in [-0.2, 0) is 0 Å². The lowest BCUT2D eigenvalue weighted by atomic mass is 10.1. The van der Waals surface area contributed by atoms with E-state index in [2.05, 4.69) is 5.32 Å². The summed E-state index contributed by atoms with van der Waals surface area (Å²) in [4.78, 5) is 27.7. The van der Waals surface area contributed by atoms with Crippen molar-refractivity contribution in [2.24, 2.45) is 0 Å². The first-order chi connectivity index (χ1) is 11.9. The number of rotatable bonds is 5. The molecule has 0 aromatic heterocycles. The molecule has 6 nitrogen and oxygen atoms in total. The molecule has 1 aromatic carbocycles. The molecule has 1 aliphatic rings. The molecule has 0 saturated carbocycles. The summed E-state index contributed by atoms with van der Waals surface area (Å²) >= 11 is 5.78. The smallest absolute Gasteiger partial charge is 0.317 e. The maximum Gasteiger partial charge on any atom is 0.317 e. The summed E-state index contributed by atoms with van der Waals surface area (Å²) < 4.78 is 13.9. The van der Waals surface area contributed by atoms with Gasteiger partial charge in [0.1, 0.15) is 11.9 Å². The Morgan fingerprint density at radius 3 is 2.68 bits per heavy atom. The number of nitrogens with one attached hydrogen (secondary N) is 1. The average Bonchev–Trinajstić information content (AvgIpc) is 2.94. The molecular formula is C17H23ClFN3O3. The number of hydrogen-bond donors (Lipinski definition) is 2. The molecule has 2 N–H and O–H groups in total. The number of urea groups is 1. The third-order valence-corrected chi connectivity index (χ3v) is 4.59. The molecule has 2 atom stereocenters. The van der Waals surface area contributed by atoms with Crippen molar-refractivity contribution in [3.8, 4) is 5.75 Å². The van der Waals surface area contributed by atoms with Crippen LogP contribution in [-0.4, -0.2) is 65.2 Å². The summed E-state index contributed by atoms with van der Waals surface area (Å²) in [6, 6.07) is 3.48. The van der Waals surface area contributed by atoms with Crippen LogP contribution in [0.4, 0.5) is 9.18 Å². The number of phenolic OH excluding ortho intramolecular Hbond substituents is 1. The summed E-state index contributed by atoms with van der Waals surface area (Å²) in [6.07, 6.45) is -1.01. The average molecular weight is 372 g/mol. The SMILES string of the molecule is CCN(CC)C(=O)NC[C@@H]1C[C@H](F)CN1C(=O)c1ccc(Cl)cc1O. The van der Waals surface area contributed by atoms with Gasteiger partial charge in [-0.15, -0.1) is 0 Å². The molecule has 0 spiro atoms. The van der Waals surface area contributed by atoms with Gasteiger partial charge in [0.25, 0.3) is 5.91 Å². The lowest BCUT2D eigenvalue weighted by Gasteiger charge is -2.26. The van der Waals surface area contributed by atoms with Crippen LogP contribution in [0.2, 0.25) is 5.02 Å². The Labute approximate surface area is 151 Å². The first kappa shape index (κ1) is 19.3. The van der Waals surface area contributed by atoms with Gasteiger partial charge in [-0.3, -0.25) is 4.79 Å². The molecule has 1 heterocycles. The summed E-state index contributed by atoms with van der Waals surface area (Å²) in [5, 5.41) is 13.0. The molecule has 0 unspecified atom stereocenters. The summed E-state index contributed by atoms with van der Waals surface area (Å²) in [5.41, 5.74) is 0.0681. The first-order valence-corrected chi connectivity index (χ1v) is 8.71. The summed E-state index contributed by atoms with van der Waals surface area (Å²) in [5.74, 6) is -0.720. The van der Waals surface area contributed by atoms with Gasteiger partial charge < -0.3 is 20.2 Å². The number of phenols is 1. The van der Waals surface area contributed by atoms with Crippen LogP contribution >= 0.6 is 11.6 Å². The van der Waals surface area contributed by atoms with Gasteiger partial charge in [-0.2, -0.15) is 0 Å². The Bertz CT molecular complexity index is 640. The van der Waals surface area contributed by atoms with Gasteiger partial charge >= 0.3 is 6.03 Å². The zero-order chi connectivity index (χ0) is 18.6. The fraction of sp³-hybridized carbons (Fsp3) is 0.529. The molecule has 2 rings (SSSR count). The highest BCUT2D eigenvalue weighted by Gasteiger charge is 2.36. The van der Waals surface area contributed by atoms with Crippen LogP contribution in [0.3, 0.4) is 0 Å². The number of carbonyl (C=O) groups is 2. The maximum atomic E-state index is 13.9. The Balaban J connectivity index is 2.08. The molecule has 25 heavy (non-hydrogen) atoms. The van der Waals surface area contributed by atoms with Crippen LogP contribution < -0.4 is 5.32 Å². The highest BCUT2D eigenvalue weighted by atomic mass is 35.5. The highest BCUT2D eigenvalue weighted by Crippen LogP contribution is 2.27. The molecule has 1 aliphatic heterocycles. The van der Waals surface area contributed by atoms with Gasteiger partial charge in [-0.1, -0.05) is 11.6 Å². The third-order valence-electron chi connectivity index (χ3n) is 4.35. The molecule has 0 bridgehead atoms. The zero-order valence-electron chi connectivity index (χ0n) is 14.3. The number of carbonyl (C=O) groups excluding carboxylic acids is 2. The van der Waals surface area contributed by atoms with Crippen LogP contribution in [0.25, 0.3) is 0 Å². The van der Waals surface area contributed by atoms with E-state index in [1.807, 2.05) is 13.8 Å². The minimum absolute atomic E-state index is 0.0628. The van der Waals surface area contributed by atoms with Crippen molar-refractivity contribution in [3.05, 3.63) is 28.8 Å². The van der Waals surface area contributed by atoms with Crippen molar-refractivity contribution in [2.75, 3.05) is 26.2 Å². The lowest BCUT2D eigenvalue weighted by molar-refractivity contribution is 0.0725. The van der Waals surface area contributed by atoms with Gasteiger partial charge in [0.15, 0.2) is 0 Å². The largest absolute Gasteiger partial charge is 0.507 e.